The molecule has 0 amide bonds. The van der Waals surface area contributed by atoms with Gasteiger partial charge in [-0.15, -0.1) is 0 Å². The lowest BCUT2D eigenvalue weighted by molar-refractivity contribution is -0.900. The summed E-state index contributed by atoms with van der Waals surface area (Å²) >= 11 is 0. The van der Waals surface area contributed by atoms with E-state index in [1.54, 1.807) is 0 Å². The first-order valence-corrected chi connectivity index (χ1v) is 20.8. The summed E-state index contributed by atoms with van der Waals surface area (Å²) in [5.74, 6) is 0. The normalized spacial score (nSPS) is 13.7. The lowest BCUT2D eigenvalue weighted by atomic mass is 9.12. The van der Waals surface area contributed by atoms with Crippen LogP contribution in [0.25, 0.3) is 0 Å². The Morgan fingerprint density at radius 1 is 0.286 bits per heavy atom. The molecule has 1 nitrogen and oxygen atoms in total. The van der Waals surface area contributed by atoms with Crippen LogP contribution in [0.2, 0.25) is 0 Å². The van der Waals surface area contributed by atoms with Crippen molar-refractivity contribution in [1.29, 1.82) is 0 Å². The molecule has 4 rings (SSSR count). The fraction of sp³-hybridized carbons (Fsp3) is 0.455. The monoisotopic (exact) mass is 1050 g/mol. The fourth-order valence-electron chi connectivity index (χ4n) is 7.73. The Labute approximate surface area is 385 Å². The Hall–Kier alpha value is -4.78. The second kappa shape index (κ2) is 21.5. The van der Waals surface area contributed by atoms with Gasteiger partial charge in [-0.3, -0.25) is 0 Å². The average Bonchev–Trinajstić information content (AvgIpc) is 3.21. The maximum Gasteiger partial charge on any atom is 1.00 e. The maximum atomic E-state index is 14.2. The number of halogens is 24. The highest BCUT2D eigenvalue weighted by Gasteiger charge is 2.47. The van der Waals surface area contributed by atoms with Crippen LogP contribution in [-0.4, -0.2) is 25.8 Å². The van der Waals surface area contributed by atoms with Crippen LogP contribution in [0.1, 0.15) is 105 Å². The zero-order valence-electron chi connectivity index (χ0n) is 37.4. The summed E-state index contributed by atoms with van der Waals surface area (Å²) in [6, 6.07) is -8.81. The summed E-state index contributed by atoms with van der Waals surface area (Å²) in [5, 5.41) is 0. The van der Waals surface area contributed by atoms with Crippen molar-refractivity contribution in [2.75, 3.05) is 19.6 Å². The first-order chi connectivity index (χ1) is 31.6. The average molecular weight is 1050 g/mol. The highest BCUT2D eigenvalue weighted by atomic mass is 19.4. The van der Waals surface area contributed by atoms with Crippen molar-refractivity contribution in [2.45, 2.75) is 109 Å². The van der Waals surface area contributed by atoms with Crippen LogP contribution in [-0.2, 0) is 49.4 Å². The van der Waals surface area contributed by atoms with Gasteiger partial charge < -0.3 is 4.90 Å². The third kappa shape index (κ3) is 15.1. The number of unbranched alkanes of at least 4 members (excludes halogenated alkanes) is 3. The summed E-state index contributed by atoms with van der Waals surface area (Å²) in [7, 11) is 0. The Kier molecular flexibility index (Phi) is 18.3. The Morgan fingerprint density at radius 3 is 0.543 bits per heavy atom. The molecule has 4 aromatic carbocycles. The Morgan fingerprint density at radius 2 is 0.429 bits per heavy atom. The lowest BCUT2D eigenvalue weighted by Gasteiger charge is -2.46. The standard InChI is InChI=1S/C32H12BF24.C12H27N/c34-25(35,36)13-1-14(26(37,38)39)6-21(5-13)33(22-7-15(27(40,41)42)2-16(8-22)28(43,44)45,23-9-17(29(46,47)48)3-18(10-23)30(49,50)51)24-11-19(31(52,53)54)4-20(12-24)32(55,56)57;1-4-7-10-13(11-8-5-2)12-9-6-3/h1-12H;4-12H2,1-3H3/q-1;/p+2. The van der Waals surface area contributed by atoms with Crippen molar-refractivity contribution in [2.24, 2.45) is 0 Å². The molecule has 0 bridgehead atoms. The second-order valence-corrected chi connectivity index (χ2v) is 16.3. The predicted octanol–water partition coefficient (Wildman–Crippen LogP) is 13.6. The highest BCUT2D eigenvalue weighted by molar-refractivity contribution is 7.20. The van der Waals surface area contributed by atoms with Crippen molar-refractivity contribution in [3.8, 4) is 0 Å². The van der Waals surface area contributed by atoms with E-state index in [1.165, 1.54) is 58.2 Å². The van der Waals surface area contributed by atoms with E-state index in [4.69, 9.17) is 0 Å². The number of nitrogens with one attached hydrogen (secondary N) is 1. The summed E-state index contributed by atoms with van der Waals surface area (Å²) in [5.41, 5.74) is -30.2. The molecule has 0 aromatic heterocycles. The quantitative estimate of drug-likeness (QED) is 0.101. The minimum Gasteiger partial charge on any atom is -0.335 e. The maximum absolute atomic E-state index is 14.2. The first-order valence-electron chi connectivity index (χ1n) is 20.8. The zero-order valence-corrected chi connectivity index (χ0v) is 36.4. The van der Waals surface area contributed by atoms with Gasteiger partial charge in [0.25, 0.3) is 0 Å². The van der Waals surface area contributed by atoms with Crippen molar-refractivity contribution in [1.82, 2.24) is 0 Å². The molecule has 0 saturated heterocycles. The molecule has 70 heavy (non-hydrogen) atoms. The minimum absolute atomic E-state index is 0. The van der Waals surface area contributed by atoms with Gasteiger partial charge >= 0.3 is 50.8 Å². The van der Waals surface area contributed by atoms with Crippen LogP contribution in [0.5, 0.6) is 0 Å². The van der Waals surface area contributed by atoms with Crippen LogP contribution < -0.4 is 26.8 Å². The third-order valence-electron chi connectivity index (χ3n) is 11.1. The van der Waals surface area contributed by atoms with Gasteiger partial charge in [-0.1, -0.05) is 88.6 Å². The van der Waals surface area contributed by atoms with E-state index >= 15 is 0 Å². The van der Waals surface area contributed by atoms with Crippen LogP contribution in [0.15, 0.2) is 72.8 Å². The van der Waals surface area contributed by atoms with Crippen LogP contribution in [0.4, 0.5) is 105 Å². The molecule has 0 aliphatic rings. The summed E-state index contributed by atoms with van der Waals surface area (Å²) in [6.07, 6.45) is -46.5. The number of quaternary nitrogens is 1. The fourth-order valence-corrected chi connectivity index (χ4v) is 7.73. The summed E-state index contributed by atoms with van der Waals surface area (Å²) in [4.78, 5) is 1.84. The molecule has 1 N–H and O–H groups in total. The summed E-state index contributed by atoms with van der Waals surface area (Å²) < 4.78 is 341. The predicted molar refractivity (Wildman–Crippen MR) is 211 cm³/mol. The van der Waals surface area contributed by atoms with E-state index in [1.807, 2.05) is 4.90 Å². The molecule has 0 spiro atoms. The third-order valence-corrected chi connectivity index (χ3v) is 11.1. The zero-order chi connectivity index (χ0) is 53.9. The van der Waals surface area contributed by atoms with Gasteiger partial charge in [0.05, 0.1) is 64.1 Å². The number of benzene rings is 4. The number of hydrogen-bond acceptors (Lipinski definition) is 0. The van der Waals surface area contributed by atoms with E-state index in [0.717, 1.165) is 0 Å². The SMILES string of the molecule is CCCC[NH+](CCCC)CCCC.FC(F)(F)c1cc([B-](c2cc(C(F)(F)F)cc(C(F)(F)F)c2)(c2cc(C(F)(F)F)cc(C(F)(F)F)c2)c2cc(C(F)(F)F)cc(C(F)(F)F)c2)cc(C(F)(F)F)c1.[H+]. The molecule has 0 saturated carbocycles. The Bertz CT molecular complexity index is 1910. The van der Waals surface area contributed by atoms with Crippen LogP contribution >= 0.6 is 0 Å². The molecule has 0 unspecified atom stereocenters. The molecule has 0 aliphatic heterocycles. The number of hydrogen-bond donors (Lipinski definition) is 1. The van der Waals surface area contributed by atoms with Gasteiger partial charge in [0.2, 0.25) is 0 Å². The lowest BCUT2D eigenvalue weighted by Crippen LogP contribution is -3.12. The molecule has 0 fully saturated rings. The van der Waals surface area contributed by atoms with E-state index in [2.05, 4.69) is 20.8 Å². The molecule has 392 valence electrons. The van der Waals surface area contributed by atoms with Crippen LogP contribution in [0, 0.1) is 0 Å². The molecule has 0 atom stereocenters. The number of alkyl halides is 24. The van der Waals surface area contributed by atoms with Gasteiger partial charge in [0.15, 0.2) is 0 Å². The van der Waals surface area contributed by atoms with E-state index in [0.29, 0.717) is 0 Å². The van der Waals surface area contributed by atoms with Crippen molar-refractivity contribution in [3.63, 3.8) is 0 Å². The van der Waals surface area contributed by atoms with Crippen molar-refractivity contribution in [3.05, 3.63) is 117 Å². The van der Waals surface area contributed by atoms with Crippen molar-refractivity contribution >= 4 is 28.0 Å². The van der Waals surface area contributed by atoms with Gasteiger partial charge in [-0.25, -0.2) is 0 Å². The van der Waals surface area contributed by atoms with Gasteiger partial charge in [-0.2, -0.15) is 127 Å². The summed E-state index contributed by atoms with van der Waals surface area (Å²) in [6.45, 7) is 11.1. The molecule has 0 aliphatic carbocycles. The van der Waals surface area contributed by atoms with Gasteiger partial charge in [0, 0.05) is 0 Å². The highest BCUT2D eigenvalue weighted by Crippen LogP contribution is 2.41. The second-order valence-electron chi connectivity index (χ2n) is 16.3. The minimum atomic E-state index is -6.13. The molecule has 0 radical (unpaired) electrons. The molecule has 4 aromatic rings. The molecule has 26 heteroatoms. The number of rotatable bonds is 13. The Balaban J connectivity index is 0.00000108. The van der Waals surface area contributed by atoms with E-state index in [9.17, 15) is 105 Å². The van der Waals surface area contributed by atoms with Crippen molar-refractivity contribution < 1.29 is 112 Å². The van der Waals surface area contributed by atoms with Gasteiger partial charge in [-0.05, 0) is 43.5 Å². The molecular formula is C44H41BF24N+. The topological polar surface area (TPSA) is 4.44 Å². The molecular weight excluding hydrogens is 1010 g/mol. The molecule has 0 heterocycles. The van der Waals surface area contributed by atoms with Crippen LogP contribution in [0.3, 0.4) is 0 Å². The van der Waals surface area contributed by atoms with E-state index in [-0.39, 0.29) is 1.43 Å². The smallest absolute Gasteiger partial charge is 0.335 e. The van der Waals surface area contributed by atoms with E-state index < -0.39 is 195 Å². The first kappa shape index (κ1) is 59.5. The van der Waals surface area contributed by atoms with Gasteiger partial charge in [0.1, 0.15) is 6.15 Å². The largest absolute Gasteiger partial charge is 1.00 e.